The van der Waals surface area contributed by atoms with Crippen LogP contribution in [-0.2, 0) is 0 Å². The molecule has 0 fully saturated rings. The van der Waals surface area contributed by atoms with E-state index in [9.17, 15) is 13.6 Å². The van der Waals surface area contributed by atoms with Crippen LogP contribution in [0, 0.1) is 18.6 Å². The molecular weight excluding hydrogens is 406 g/mol. The molecule has 0 spiro atoms. The molecule has 4 aromatic rings. The second-order valence-corrected chi connectivity index (χ2v) is 6.36. The summed E-state index contributed by atoms with van der Waals surface area (Å²) < 4.78 is 34.8. The number of nitrogens with zero attached hydrogens (tertiary/aromatic N) is 4. The third-order valence-electron chi connectivity index (χ3n) is 4.24. The van der Waals surface area contributed by atoms with Crippen molar-refractivity contribution in [1.29, 1.82) is 0 Å². The van der Waals surface area contributed by atoms with E-state index >= 15 is 0 Å². The summed E-state index contributed by atoms with van der Waals surface area (Å²) in [5.74, 6) is 0.441. The SMILES string of the molecule is Cc1nccn1-c1cc(Oc2ccc(NC(=O)Nc3c(F)cccc3F)cc2)ncn1. The Morgan fingerprint density at radius 1 is 1.00 bits per heavy atom. The number of halogens is 2. The zero-order valence-electron chi connectivity index (χ0n) is 16.2. The van der Waals surface area contributed by atoms with Crippen molar-refractivity contribution >= 4 is 17.4 Å². The molecule has 2 N–H and O–H groups in total. The number of hydrogen-bond donors (Lipinski definition) is 2. The summed E-state index contributed by atoms with van der Waals surface area (Å²) in [7, 11) is 0. The van der Waals surface area contributed by atoms with Crippen LogP contribution < -0.4 is 15.4 Å². The smallest absolute Gasteiger partial charge is 0.323 e. The van der Waals surface area contributed by atoms with Crippen molar-refractivity contribution in [3.63, 3.8) is 0 Å². The summed E-state index contributed by atoms with van der Waals surface area (Å²) in [6.07, 6.45) is 4.83. The molecule has 0 aliphatic carbocycles. The second-order valence-electron chi connectivity index (χ2n) is 6.36. The van der Waals surface area contributed by atoms with E-state index in [-0.39, 0.29) is 0 Å². The van der Waals surface area contributed by atoms with Gasteiger partial charge in [-0.05, 0) is 43.3 Å². The highest BCUT2D eigenvalue weighted by Gasteiger charge is 2.12. The minimum atomic E-state index is -0.867. The van der Waals surface area contributed by atoms with E-state index in [1.807, 2.05) is 6.92 Å². The first kappa shape index (κ1) is 20.0. The number of carbonyl (C=O) groups is 1. The molecule has 0 unspecified atom stereocenters. The van der Waals surface area contributed by atoms with Gasteiger partial charge in [0.15, 0.2) is 0 Å². The van der Waals surface area contributed by atoms with Crippen LogP contribution in [0.1, 0.15) is 5.82 Å². The molecule has 2 heterocycles. The second kappa shape index (κ2) is 8.57. The fourth-order valence-electron chi connectivity index (χ4n) is 2.76. The van der Waals surface area contributed by atoms with E-state index in [2.05, 4.69) is 25.6 Å². The number of benzene rings is 2. The number of rotatable bonds is 5. The first-order valence-corrected chi connectivity index (χ1v) is 9.12. The maximum atomic E-state index is 13.6. The fraction of sp³-hybridized carbons (Fsp3) is 0.0476. The summed E-state index contributed by atoms with van der Waals surface area (Å²) in [4.78, 5) is 24.5. The molecular formula is C21H16F2N6O2. The summed E-state index contributed by atoms with van der Waals surface area (Å²) in [6.45, 7) is 1.85. The van der Waals surface area contributed by atoms with Gasteiger partial charge < -0.3 is 15.4 Å². The van der Waals surface area contributed by atoms with Crippen LogP contribution in [0.2, 0.25) is 0 Å². The number of carbonyl (C=O) groups excluding carboxylic acids is 1. The number of hydrogen-bond acceptors (Lipinski definition) is 5. The summed E-state index contributed by atoms with van der Waals surface area (Å²) >= 11 is 0. The molecule has 10 heteroatoms. The number of nitrogens with one attached hydrogen (secondary N) is 2. The average Bonchev–Trinajstić information content (AvgIpc) is 3.18. The molecule has 0 bridgehead atoms. The minimum Gasteiger partial charge on any atom is -0.439 e. The van der Waals surface area contributed by atoms with E-state index in [1.165, 1.54) is 12.4 Å². The Labute approximate surface area is 175 Å². The number of aromatic nitrogens is 4. The van der Waals surface area contributed by atoms with Gasteiger partial charge in [-0.25, -0.2) is 28.5 Å². The van der Waals surface area contributed by atoms with Crippen LogP contribution in [0.15, 0.2) is 67.3 Å². The van der Waals surface area contributed by atoms with Gasteiger partial charge in [-0.15, -0.1) is 0 Å². The third kappa shape index (κ3) is 4.64. The summed E-state index contributed by atoms with van der Waals surface area (Å²) in [5, 5.41) is 4.64. The molecule has 0 saturated heterocycles. The van der Waals surface area contributed by atoms with Crippen molar-refractivity contribution in [2.24, 2.45) is 0 Å². The predicted octanol–water partition coefficient (Wildman–Crippen LogP) is 4.69. The fourth-order valence-corrected chi connectivity index (χ4v) is 2.76. The largest absolute Gasteiger partial charge is 0.439 e. The lowest BCUT2D eigenvalue weighted by molar-refractivity contribution is 0.262. The highest BCUT2D eigenvalue weighted by molar-refractivity contribution is 5.99. The van der Waals surface area contributed by atoms with Gasteiger partial charge in [-0.3, -0.25) is 4.57 Å². The molecule has 2 aromatic carbocycles. The van der Waals surface area contributed by atoms with Crippen molar-refractivity contribution in [3.8, 4) is 17.4 Å². The summed E-state index contributed by atoms with van der Waals surface area (Å²) in [6, 6.07) is 10.6. The maximum absolute atomic E-state index is 13.6. The van der Waals surface area contributed by atoms with Crippen LogP contribution in [0.4, 0.5) is 25.0 Å². The van der Waals surface area contributed by atoms with Gasteiger partial charge in [0.25, 0.3) is 0 Å². The number of amides is 2. The Kier molecular flexibility index (Phi) is 5.52. The zero-order chi connectivity index (χ0) is 21.8. The van der Waals surface area contributed by atoms with Crippen LogP contribution in [0.3, 0.4) is 0 Å². The molecule has 156 valence electrons. The van der Waals surface area contributed by atoms with Gasteiger partial charge in [-0.1, -0.05) is 6.07 Å². The lowest BCUT2D eigenvalue weighted by atomic mass is 10.3. The highest BCUT2D eigenvalue weighted by Crippen LogP contribution is 2.23. The molecule has 2 amide bonds. The van der Waals surface area contributed by atoms with Gasteiger partial charge in [0.1, 0.15) is 41.0 Å². The zero-order valence-corrected chi connectivity index (χ0v) is 16.2. The standard InChI is InChI=1S/C21H16F2N6O2/c1-13-24-9-10-29(13)18-11-19(26-12-25-18)31-15-7-5-14(6-8-15)27-21(30)28-20-16(22)3-2-4-17(20)23/h2-12H,1H3,(H2,27,28,30). The Morgan fingerprint density at radius 3 is 2.42 bits per heavy atom. The number of anilines is 2. The molecule has 0 aliphatic rings. The Balaban J connectivity index is 1.41. The maximum Gasteiger partial charge on any atom is 0.323 e. The van der Waals surface area contributed by atoms with Gasteiger partial charge in [-0.2, -0.15) is 0 Å². The van der Waals surface area contributed by atoms with Gasteiger partial charge in [0.05, 0.1) is 0 Å². The first-order valence-electron chi connectivity index (χ1n) is 9.12. The van der Waals surface area contributed by atoms with Crippen molar-refractivity contribution < 1.29 is 18.3 Å². The first-order chi connectivity index (χ1) is 15.0. The Morgan fingerprint density at radius 2 is 1.74 bits per heavy atom. The molecule has 0 radical (unpaired) electrons. The normalized spacial score (nSPS) is 10.5. The van der Waals surface area contributed by atoms with Gasteiger partial charge in [0, 0.05) is 24.1 Å². The Hall–Kier alpha value is -4.34. The van der Waals surface area contributed by atoms with Gasteiger partial charge >= 0.3 is 6.03 Å². The molecule has 31 heavy (non-hydrogen) atoms. The van der Waals surface area contributed by atoms with E-state index in [0.717, 1.165) is 18.0 Å². The van der Waals surface area contributed by atoms with E-state index < -0.39 is 23.4 Å². The Bertz CT molecular complexity index is 1210. The van der Waals surface area contributed by atoms with Crippen LogP contribution in [0.5, 0.6) is 11.6 Å². The van der Waals surface area contributed by atoms with Crippen molar-refractivity contribution in [1.82, 2.24) is 19.5 Å². The number of ether oxygens (including phenoxy) is 1. The molecule has 4 rings (SSSR count). The lowest BCUT2D eigenvalue weighted by Gasteiger charge is -2.10. The van der Waals surface area contributed by atoms with E-state index in [4.69, 9.17) is 4.74 Å². The van der Waals surface area contributed by atoms with Crippen molar-refractivity contribution in [2.45, 2.75) is 6.92 Å². The van der Waals surface area contributed by atoms with E-state index in [0.29, 0.717) is 23.1 Å². The highest BCUT2D eigenvalue weighted by atomic mass is 19.1. The molecule has 2 aromatic heterocycles. The quantitative estimate of drug-likeness (QED) is 0.487. The number of para-hydroxylation sites is 1. The van der Waals surface area contributed by atoms with E-state index in [1.54, 1.807) is 47.3 Å². The van der Waals surface area contributed by atoms with Crippen LogP contribution in [0.25, 0.3) is 5.82 Å². The predicted molar refractivity (Wildman–Crippen MR) is 109 cm³/mol. The van der Waals surface area contributed by atoms with Crippen LogP contribution in [-0.4, -0.2) is 25.6 Å². The summed E-state index contributed by atoms with van der Waals surface area (Å²) in [5.41, 5.74) is -0.119. The van der Waals surface area contributed by atoms with Crippen molar-refractivity contribution in [2.75, 3.05) is 10.6 Å². The number of urea groups is 1. The lowest BCUT2D eigenvalue weighted by Crippen LogP contribution is -2.20. The number of imidazole rings is 1. The monoisotopic (exact) mass is 422 g/mol. The topological polar surface area (TPSA) is 94.0 Å². The molecule has 0 atom stereocenters. The van der Waals surface area contributed by atoms with Crippen molar-refractivity contribution in [3.05, 3.63) is 84.7 Å². The molecule has 0 saturated carbocycles. The van der Waals surface area contributed by atoms with Gasteiger partial charge in [0.2, 0.25) is 5.88 Å². The molecule has 8 nitrogen and oxygen atoms in total. The van der Waals surface area contributed by atoms with Crippen LogP contribution >= 0.6 is 0 Å². The minimum absolute atomic E-state index is 0.326. The average molecular weight is 422 g/mol. The molecule has 0 aliphatic heterocycles. The number of aryl methyl sites for hydroxylation is 1. The third-order valence-corrected chi connectivity index (χ3v) is 4.24.